The molecule has 0 aliphatic rings. The molecule has 0 fully saturated rings. The van der Waals surface area contributed by atoms with Crippen molar-refractivity contribution in [3.05, 3.63) is 0 Å². The van der Waals surface area contributed by atoms with Crippen LogP contribution in [0.1, 0.15) is 27.2 Å². The van der Waals surface area contributed by atoms with Gasteiger partial charge in [0.05, 0.1) is 0 Å². The fraction of sp³-hybridized carbons (Fsp3) is 1.00. The van der Waals surface area contributed by atoms with Gasteiger partial charge in [0, 0.05) is 13.2 Å². The molecule has 3 nitrogen and oxygen atoms in total. The average Bonchev–Trinajstić information content (AvgIpc) is 1.89. The number of aliphatic hydroxyl groups excluding tert-OH is 2. The largest absolute Gasteiger partial charge is 0.412 e. The molecule has 0 rings (SSSR count). The van der Waals surface area contributed by atoms with Crippen LogP contribution in [0.15, 0.2) is 0 Å². The van der Waals surface area contributed by atoms with Gasteiger partial charge in [-0.2, -0.15) is 0 Å². The van der Waals surface area contributed by atoms with E-state index in [1.807, 2.05) is 20.8 Å². The molecule has 0 atom stereocenters. The van der Waals surface area contributed by atoms with Gasteiger partial charge in [-0.05, 0) is 12.3 Å². The summed E-state index contributed by atoms with van der Waals surface area (Å²) >= 11 is 0. The van der Waals surface area contributed by atoms with Crippen LogP contribution in [0.3, 0.4) is 0 Å². The third kappa shape index (κ3) is 45.0. The molecule has 0 amide bonds. The monoisotopic (exact) mass is 152 g/mol. The molecule has 0 saturated heterocycles. The molecule has 0 heterocycles. The highest BCUT2D eigenvalue weighted by atomic mass is 16.3. The molecule has 0 aliphatic heterocycles. The van der Waals surface area contributed by atoms with Crippen LogP contribution in [-0.4, -0.2) is 28.9 Å². The van der Waals surface area contributed by atoms with Crippen molar-refractivity contribution in [1.82, 2.24) is 0 Å². The van der Waals surface area contributed by atoms with Crippen LogP contribution in [0.2, 0.25) is 0 Å². The molecule has 0 aromatic carbocycles. The van der Waals surface area contributed by atoms with Gasteiger partial charge in [0.1, 0.15) is 0 Å². The first-order valence-corrected chi connectivity index (χ1v) is 3.40. The van der Waals surface area contributed by atoms with Crippen LogP contribution in [-0.2, 0) is 0 Å². The lowest BCUT2D eigenvalue weighted by Crippen LogP contribution is -1.90. The smallest absolute Gasteiger partial charge is 0.0453 e. The third-order valence-electron chi connectivity index (χ3n) is 0.589. The molecule has 4 N–H and O–H groups in total. The van der Waals surface area contributed by atoms with Crippen LogP contribution in [0.25, 0.3) is 0 Å². The highest BCUT2D eigenvalue weighted by Crippen LogP contribution is 1.83. The van der Waals surface area contributed by atoms with E-state index in [1.165, 1.54) is 0 Å². The molecule has 10 heavy (non-hydrogen) atoms. The molecular weight excluding hydrogens is 132 g/mol. The number of hydrogen-bond acceptors (Lipinski definition) is 2. The molecule has 3 heteroatoms. The molecule has 0 bridgehead atoms. The quantitative estimate of drug-likeness (QED) is 0.593. The third-order valence-corrected chi connectivity index (χ3v) is 0.589. The van der Waals surface area contributed by atoms with E-state index < -0.39 is 0 Å². The summed E-state index contributed by atoms with van der Waals surface area (Å²) in [6.07, 6.45) is 0.875. The molecule has 0 aromatic heterocycles. The van der Waals surface area contributed by atoms with Crippen molar-refractivity contribution < 1.29 is 15.7 Å². The van der Waals surface area contributed by atoms with Crippen molar-refractivity contribution in [3.8, 4) is 0 Å². The van der Waals surface area contributed by atoms with Crippen LogP contribution >= 0.6 is 0 Å². The SMILES string of the molecule is CC(C)CO.CCCO.O. The van der Waals surface area contributed by atoms with Gasteiger partial charge >= 0.3 is 0 Å². The summed E-state index contributed by atoms with van der Waals surface area (Å²) in [5, 5.41) is 16.0. The lowest BCUT2D eigenvalue weighted by Gasteiger charge is -1.90. The number of hydrogen-bond donors (Lipinski definition) is 2. The van der Waals surface area contributed by atoms with Gasteiger partial charge in [0.15, 0.2) is 0 Å². The van der Waals surface area contributed by atoms with Crippen molar-refractivity contribution in [2.24, 2.45) is 5.92 Å². The molecular formula is C7H20O3. The summed E-state index contributed by atoms with van der Waals surface area (Å²) in [6, 6.07) is 0. The van der Waals surface area contributed by atoms with Crippen LogP contribution < -0.4 is 0 Å². The van der Waals surface area contributed by atoms with E-state index in [2.05, 4.69) is 0 Å². The maximum atomic E-state index is 8.14. The molecule has 0 spiro atoms. The second kappa shape index (κ2) is 15.9. The Hall–Kier alpha value is -0.120. The van der Waals surface area contributed by atoms with E-state index in [4.69, 9.17) is 10.2 Å². The predicted octanol–water partition coefficient (Wildman–Crippen LogP) is 0.199. The van der Waals surface area contributed by atoms with E-state index in [-0.39, 0.29) is 5.48 Å². The van der Waals surface area contributed by atoms with E-state index in [0.717, 1.165) is 6.42 Å². The Morgan fingerprint density at radius 2 is 1.40 bits per heavy atom. The van der Waals surface area contributed by atoms with Gasteiger partial charge in [-0.15, -0.1) is 0 Å². The Labute approximate surface area is 63.0 Å². The highest BCUT2D eigenvalue weighted by molar-refractivity contribution is 4.32. The fourth-order valence-corrected chi connectivity index (χ4v) is 0. The van der Waals surface area contributed by atoms with Crippen molar-refractivity contribution in [2.45, 2.75) is 27.2 Å². The zero-order valence-corrected chi connectivity index (χ0v) is 7.09. The summed E-state index contributed by atoms with van der Waals surface area (Å²) in [5.74, 6) is 0.440. The standard InChI is InChI=1S/C4H10O.C3H8O.H2O/c1-4(2)3-5;1-2-3-4;/h4-5H,3H2,1-2H3;4H,2-3H2,1H3;1H2. The molecule has 0 unspecified atom stereocenters. The minimum Gasteiger partial charge on any atom is -0.412 e. The zero-order valence-electron chi connectivity index (χ0n) is 7.09. The van der Waals surface area contributed by atoms with E-state index in [1.54, 1.807) is 0 Å². The maximum absolute atomic E-state index is 8.14. The molecule has 0 radical (unpaired) electrons. The molecule has 0 saturated carbocycles. The number of aliphatic hydroxyl groups is 2. The zero-order chi connectivity index (χ0) is 7.70. The van der Waals surface area contributed by atoms with E-state index in [9.17, 15) is 0 Å². The van der Waals surface area contributed by atoms with E-state index >= 15 is 0 Å². The van der Waals surface area contributed by atoms with Gasteiger partial charge < -0.3 is 15.7 Å². The number of rotatable bonds is 2. The first-order chi connectivity index (χ1) is 4.18. The second-order valence-corrected chi connectivity index (χ2v) is 2.30. The van der Waals surface area contributed by atoms with Crippen molar-refractivity contribution in [1.29, 1.82) is 0 Å². The summed E-state index contributed by atoms with van der Waals surface area (Å²) in [5.41, 5.74) is 0. The van der Waals surface area contributed by atoms with Gasteiger partial charge in [-0.1, -0.05) is 20.8 Å². The Kier molecular flexibility index (Phi) is 26.2. The Morgan fingerprint density at radius 1 is 1.20 bits per heavy atom. The lowest BCUT2D eigenvalue weighted by molar-refractivity contribution is 0.248. The first kappa shape index (κ1) is 16.5. The summed E-state index contributed by atoms with van der Waals surface area (Å²) in [4.78, 5) is 0. The van der Waals surface area contributed by atoms with E-state index in [0.29, 0.717) is 19.1 Å². The maximum Gasteiger partial charge on any atom is 0.0453 e. The Bertz CT molecular complexity index is 35.8. The van der Waals surface area contributed by atoms with Crippen LogP contribution in [0.4, 0.5) is 0 Å². The molecule has 0 aromatic rings. The Balaban J connectivity index is -0.0000000910. The van der Waals surface area contributed by atoms with Gasteiger partial charge in [0.2, 0.25) is 0 Å². The van der Waals surface area contributed by atoms with Crippen molar-refractivity contribution >= 4 is 0 Å². The normalized spacial score (nSPS) is 7.80. The lowest BCUT2D eigenvalue weighted by atomic mass is 10.2. The summed E-state index contributed by atoms with van der Waals surface area (Å²) < 4.78 is 0. The second-order valence-electron chi connectivity index (χ2n) is 2.30. The van der Waals surface area contributed by atoms with Gasteiger partial charge in [-0.25, -0.2) is 0 Å². The minimum absolute atomic E-state index is 0. The minimum atomic E-state index is 0. The van der Waals surface area contributed by atoms with Crippen molar-refractivity contribution in [3.63, 3.8) is 0 Å². The first-order valence-electron chi connectivity index (χ1n) is 3.40. The molecule has 66 valence electrons. The highest BCUT2D eigenvalue weighted by Gasteiger charge is 1.81. The molecule has 0 aliphatic carbocycles. The van der Waals surface area contributed by atoms with Crippen molar-refractivity contribution in [2.75, 3.05) is 13.2 Å². The summed E-state index contributed by atoms with van der Waals surface area (Å²) in [7, 11) is 0. The van der Waals surface area contributed by atoms with Gasteiger partial charge in [-0.3, -0.25) is 0 Å². The predicted molar refractivity (Wildman–Crippen MR) is 42.9 cm³/mol. The Morgan fingerprint density at radius 3 is 1.40 bits per heavy atom. The van der Waals surface area contributed by atoms with Crippen LogP contribution in [0, 0.1) is 5.92 Å². The summed E-state index contributed by atoms with van der Waals surface area (Å²) in [6.45, 7) is 6.50. The fourth-order valence-electron chi connectivity index (χ4n) is 0. The topological polar surface area (TPSA) is 72.0 Å². The average molecular weight is 152 g/mol. The van der Waals surface area contributed by atoms with Gasteiger partial charge in [0.25, 0.3) is 0 Å². The van der Waals surface area contributed by atoms with Crippen LogP contribution in [0.5, 0.6) is 0 Å².